The van der Waals surface area contributed by atoms with Gasteiger partial charge in [-0.3, -0.25) is 4.79 Å². The van der Waals surface area contributed by atoms with Crippen LogP contribution in [0.3, 0.4) is 0 Å². The molecule has 0 unspecified atom stereocenters. The van der Waals surface area contributed by atoms with Crippen molar-refractivity contribution >= 4 is 5.91 Å². The summed E-state index contributed by atoms with van der Waals surface area (Å²) in [5, 5.41) is 2.63. The fourth-order valence-electron chi connectivity index (χ4n) is 0.970. The fraction of sp³-hybridized carbons (Fsp3) is 0.300. The van der Waals surface area contributed by atoms with E-state index in [1.54, 1.807) is 7.11 Å². The molecule has 0 saturated heterocycles. The number of hydrogen-bond acceptors (Lipinski definition) is 2. The van der Waals surface area contributed by atoms with Crippen molar-refractivity contribution in [2.45, 2.75) is 0 Å². The maximum atomic E-state index is 12.5. The average Bonchev–Trinajstić information content (AvgIpc) is 2.19. The van der Waals surface area contributed by atoms with E-state index in [2.05, 4.69) is 5.32 Å². The summed E-state index contributed by atoms with van der Waals surface area (Å²) in [5.74, 6) is -0.569. The third-order valence-corrected chi connectivity index (χ3v) is 1.70. The third-order valence-electron chi connectivity index (χ3n) is 1.70. The molecule has 4 heteroatoms. The summed E-state index contributed by atoms with van der Waals surface area (Å²) in [6, 6.07) is 5.39. The van der Waals surface area contributed by atoms with Crippen molar-refractivity contribution in [3.8, 4) is 0 Å². The number of benzene rings is 1. The van der Waals surface area contributed by atoms with Gasteiger partial charge in [0.1, 0.15) is 5.82 Å². The number of halogens is 1. The summed E-state index contributed by atoms with van der Waals surface area (Å²) in [6.07, 6.45) is 0. The molecule has 0 aliphatic rings. The molecule has 76 valence electrons. The van der Waals surface area contributed by atoms with Gasteiger partial charge in [0.2, 0.25) is 0 Å². The van der Waals surface area contributed by atoms with E-state index in [4.69, 9.17) is 4.74 Å². The zero-order chi connectivity index (χ0) is 10.4. The predicted octanol–water partition coefficient (Wildman–Crippen LogP) is 1.20. The summed E-state index contributed by atoms with van der Waals surface area (Å²) < 4.78 is 17.3. The maximum absolute atomic E-state index is 12.5. The third kappa shape index (κ3) is 3.14. The number of methoxy groups -OCH3 is 1. The maximum Gasteiger partial charge on any atom is 0.251 e. The predicted molar refractivity (Wildman–Crippen MR) is 50.6 cm³/mol. The lowest BCUT2D eigenvalue weighted by molar-refractivity contribution is 0.0937. The van der Waals surface area contributed by atoms with E-state index in [-0.39, 0.29) is 11.7 Å². The number of carbonyl (C=O) groups is 1. The minimum Gasteiger partial charge on any atom is -0.383 e. The van der Waals surface area contributed by atoms with Gasteiger partial charge in [0.25, 0.3) is 5.91 Å². The zero-order valence-electron chi connectivity index (χ0n) is 7.92. The molecule has 1 N–H and O–H groups in total. The number of amides is 1. The highest BCUT2D eigenvalue weighted by molar-refractivity contribution is 5.94. The quantitative estimate of drug-likeness (QED) is 0.736. The Morgan fingerprint density at radius 1 is 1.43 bits per heavy atom. The SMILES string of the molecule is COCCNC(=O)c1ccc(F)cc1. The first-order valence-corrected chi connectivity index (χ1v) is 4.26. The van der Waals surface area contributed by atoms with Crippen LogP contribution in [0.2, 0.25) is 0 Å². The van der Waals surface area contributed by atoms with Crippen LogP contribution in [0.25, 0.3) is 0 Å². The summed E-state index contributed by atoms with van der Waals surface area (Å²) >= 11 is 0. The summed E-state index contributed by atoms with van der Waals surface area (Å²) in [6.45, 7) is 0.916. The molecule has 0 spiro atoms. The monoisotopic (exact) mass is 197 g/mol. The normalized spacial score (nSPS) is 9.86. The summed E-state index contributed by atoms with van der Waals surface area (Å²) in [4.78, 5) is 11.3. The molecule has 1 aromatic carbocycles. The molecular weight excluding hydrogens is 185 g/mol. The van der Waals surface area contributed by atoms with E-state index in [1.807, 2.05) is 0 Å². The van der Waals surface area contributed by atoms with Crippen LogP contribution in [0.5, 0.6) is 0 Å². The standard InChI is InChI=1S/C10H12FNO2/c1-14-7-6-12-10(13)8-2-4-9(11)5-3-8/h2-5H,6-7H2,1H3,(H,12,13). The molecule has 1 amide bonds. The van der Waals surface area contributed by atoms with Crippen LogP contribution in [0.1, 0.15) is 10.4 Å². The van der Waals surface area contributed by atoms with Crippen LogP contribution in [0.15, 0.2) is 24.3 Å². The molecule has 0 heterocycles. The van der Waals surface area contributed by atoms with E-state index in [1.165, 1.54) is 24.3 Å². The van der Waals surface area contributed by atoms with Gasteiger partial charge < -0.3 is 10.1 Å². The lowest BCUT2D eigenvalue weighted by atomic mass is 10.2. The van der Waals surface area contributed by atoms with Crippen molar-refractivity contribution < 1.29 is 13.9 Å². The highest BCUT2D eigenvalue weighted by Gasteiger charge is 2.03. The second kappa shape index (κ2) is 5.34. The largest absolute Gasteiger partial charge is 0.383 e. The Kier molecular flexibility index (Phi) is 4.07. The van der Waals surface area contributed by atoms with Crippen LogP contribution < -0.4 is 5.32 Å². The van der Waals surface area contributed by atoms with Gasteiger partial charge in [0, 0.05) is 19.2 Å². The van der Waals surface area contributed by atoms with Crippen molar-refractivity contribution in [3.05, 3.63) is 35.6 Å². The molecule has 0 atom stereocenters. The van der Waals surface area contributed by atoms with Gasteiger partial charge in [-0.15, -0.1) is 0 Å². The molecule has 3 nitrogen and oxygen atoms in total. The molecule has 0 saturated carbocycles. The van der Waals surface area contributed by atoms with Gasteiger partial charge in [-0.25, -0.2) is 4.39 Å². The second-order valence-corrected chi connectivity index (χ2v) is 2.76. The first kappa shape index (κ1) is 10.7. The first-order valence-electron chi connectivity index (χ1n) is 4.26. The number of hydrogen-bond donors (Lipinski definition) is 1. The van der Waals surface area contributed by atoms with Crippen LogP contribution >= 0.6 is 0 Å². The van der Waals surface area contributed by atoms with Crippen molar-refractivity contribution in [1.29, 1.82) is 0 Å². The molecule has 0 aliphatic carbocycles. The molecule has 0 aromatic heterocycles. The van der Waals surface area contributed by atoms with Crippen LogP contribution in [-0.4, -0.2) is 26.2 Å². The second-order valence-electron chi connectivity index (χ2n) is 2.76. The fourth-order valence-corrected chi connectivity index (χ4v) is 0.970. The first-order chi connectivity index (χ1) is 6.74. The van der Waals surface area contributed by atoms with E-state index in [0.29, 0.717) is 18.7 Å². The van der Waals surface area contributed by atoms with Gasteiger partial charge in [0.05, 0.1) is 6.61 Å². The minimum atomic E-state index is -0.349. The molecule has 0 aliphatic heterocycles. The van der Waals surface area contributed by atoms with Crippen molar-refractivity contribution in [2.75, 3.05) is 20.3 Å². The molecule has 0 radical (unpaired) electrons. The van der Waals surface area contributed by atoms with E-state index in [9.17, 15) is 9.18 Å². The lowest BCUT2D eigenvalue weighted by Crippen LogP contribution is -2.26. The Hall–Kier alpha value is -1.42. The smallest absolute Gasteiger partial charge is 0.251 e. The Bertz CT molecular complexity index is 297. The van der Waals surface area contributed by atoms with Crippen molar-refractivity contribution in [2.24, 2.45) is 0 Å². The van der Waals surface area contributed by atoms with Crippen molar-refractivity contribution in [3.63, 3.8) is 0 Å². The number of ether oxygens (including phenoxy) is 1. The molecular formula is C10H12FNO2. The Balaban J connectivity index is 2.48. The Labute approximate surface area is 81.9 Å². The van der Waals surface area contributed by atoms with Gasteiger partial charge in [-0.1, -0.05) is 0 Å². The molecule has 0 bridgehead atoms. The Morgan fingerprint density at radius 2 is 2.07 bits per heavy atom. The topological polar surface area (TPSA) is 38.3 Å². The van der Waals surface area contributed by atoms with Gasteiger partial charge >= 0.3 is 0 Å². The van der Waals surface area contributed by atoms with E-state index in [0.717, 1.165) is 0 Å². The molecule has 1 rings (SSSR count). The molecule has 0 fully saturated rings. The van der Waals surface area contributed by atoms with Gasteiger partial charge in [-0.2, -0.15) is 0 Å². The number of nitrogens with one attached hydrogen (secondary N) is 1. The molecule has 1 aromatic rings. The van der Waals surface area contributed by atoms with Gasteiger partial charge in [-0.05, 0) is 24.3 Å². The summed E-state index contributed by atoms with van der Waals surface area (Å²) in [7, 11) is 1.56. The number of carbonyl (C=O) groups excluding carboxylic acids is 1. The minimum absolute atomic E-state index is 0.220. The van der Waals surface area contributed by atoms with Crippen molar-refractivity contribution in [1.82, 2.24) is 5.32 Å². The summed E-state index contributed by atoms with van der Waals surface area (Å²) in [5.41, 5.74) is 0.447. The number of rotatable bonds is 4. The average molecular weight is 197 g/mol. The Morgan fingerprint density at radius 3 is 2.64 bits per heavy atom. The highest BCUT2D eigenvalue weighted by Crippen LogP contribution is 2.01. The lowest BCUT2D eigenvalue weighted by Gasteiger charge is -2.03. The van der Waals surface area contributed by atoms with E-state index >= 15 is 0 Å². The molecule has 14 heavy (non-hydrogen) atoms. The van der Waals surface area contributed by atoms with Crippen LogP contribution in [0, 0.1) is 5.82 Å². The zero-order valence-corrected chi connectivity index (χ0v) is 7.92. The van der Waals surface area contributed by atoms with E-state index < -0.39 is 0 Å². The van der Waals surface area contributed by atoms with Crippen LogP contribution in [0.4, 0.5) is 4.39 Å². The van der Waals surface area contributed by atoms with Crippen LogP contribution in [-0.2, 0) is 4.74 Å². The highest BCUT2D eigenvalue weighted by atomic mass is 19.1. The van der Waals surface area contributed by atoms with Gasteiger partial charge in [0.15, 0.2) is 0 Å².